The molecule has 0 aliphatic rings. The number of phenolic OH excluding ortho intramolecular Hbond substituents is 1. The number of azo groups is 2. The van der Waals surface area contributed by atoms with Gasteiger partial charge in [0.15, 0.2) is 5.75 Å². The van der Waals surface area contributed by atoms with Crippen molar-refractivity contribution in [1.82, 2.24) is 4.31 Å². The predicted molar refractivity (Wildman–Crippen MR) is 185 cm³/mol. The average molecular weight is 781 g/mol. The van der Waals surface area contributed by atoms with Gasteiger partial charge in [0.2, 0.25) is 15.9 Å². The SMILES string of the molecule is COc1cc(/N=N/c2ccc(S(=O)(=O)N(CCO)CCO)cc2)c(C)cc1/N=N/c1c(S(=O)(=O)O)cc2cc(S(=O)(=O)O)cc(NC(C)=O)c2c1O. The van der Waals surface area contributed by atoms with Crippen LogP contribution in [0.5, 0.6) is 11.5 Å². The van der Waals surface area contributed by atoms with Crippen molar-refractivity contribution in [3.8, 4) is 11.5 Å². The molecule has 6 N–H and O–H groups in total. The number of carbonyl (C=O) groups is 1. The van der Waals surface area contributed by atoms with Crippen LogP contribution < -0.4 is 10.1 Å². The molecule has 4 aromatic carbocycles. The van der Waals surface area contributed by atoms with E-state index in [1.54, 1.807) is 6.92 Å². The molecule has 0 bridgehead atoms. The van der Waals surface area contributed by atoms with Crippen molar-refractivity contribution in [2.45, 2.75) is 28.5 Å². The van der Waals surface area contributed by atoms with Crippen LogP contribution >= 0.6 is 0 Å². The molecule has 278 valence electrons. The highest BCUT2D eigenvalue weighted by Gasteiger charge is 2.26. The van der Waals surface area contributed by atoms with Gasteiger partial charge in [0.1, 0.15) is 22.0 Å². The molecule has 4 rings (SSSR count). The minimum Gasteiger partial charge on any atom is -0.505 e. The second kappa shape index (κ2) is 15.7. The van der Waals surface area contributed by atoms with Gasteiger partial charge in [-0.15, -0.1) is 10.2 Å². The lowest BCUT2D eigenvalue weighted by Crippen LogP contribution is -2.35. The van der Waals surface area contributed by atoms with E-state index in [2.05, 4.69) is 25.8 Å². The van der Waals surface area contributed by atoms with Gasteiger partial charge in [-0.05, 0) is 66.4 Å². The number of aryl methyl sites for hydroxylation is 1. The molecule has 0 saturated carbocycles. The summed E-state index contributed by atoms with van der Waals surface area (Å²) in [6.07, 6.45) is 0. The number of amides is 1. The summed E-state index contributed by atoms with van der Waals surface area (Å²) in [6.45, 7) is 1.42. The number of nitrogens with one attached hydrogen (secondary N) is 1. The Labute approximate surface area is 297 Å². The molecule has 0 aromatic heterocycles. The summed E-state index contributed by atoms with van der Waals surface area (Å²) >= 11 is 0. The van der Waals surface area contributed by atoms with Gasteiger partial charge in [-0.3, -0.25) is 13.9 Å². The standard InChI is InChI=1S/C30H32N6O13S3/c1-17-12-24(26(49-3)16-23(17)33-32-20-4-6-21(7-5-20)50(41,42)36(8-10-37)9-11-38)34-35-29-27(52(46,47)48)14-19-13-22(51(43,44)45)15-25(31-18(2)39)28(19)30(29)40/h4-7,12-16,37-38,40H,8-11H2,1-3H3,(H,31,39)(H,43,44,45)(H,46,47,48)/b33-32+,35-34+. The molecule has 0 radical (unpaired) electrons. The number of ether oxygens (including phenoxy) is 1. The van der Waals surface area contributed by atoms with E-state index in [-0.39, 0.29) is 57.3 Å². The van der Waals surface area contributed by atoms with E-state index in [1.165, 1.54) is 43.5 Å². The number of anilines is 1. The van der Waals surface area contributed by atoms with Crippen molar-refractivity contribution in [2.75, 3.05) is 38.7 Å². The van der Waals surface area contributed by atoms with E-state index in [0.717, 1.165) is 29.4 Å². The van der Waals surface area contributed by atoms with E-state index in [1.807, 2.05) is 0 Å². The predicted octanol–water partition coefficient (Wildman–Crippen LogP) is 4.12. The molecular weight excluding hydrogens is 749 g/mol. The number of methoxy groups -OCH3 is 1. The Hall–Kier alpha value is -4.94. The number of hydrogen-bond donors (Lipinski definition) is 6. The van der Waals surface area contributed by atoms with Gasteiger partial charge >= 0.3 is 0 Å². The first-order valence-corrected chi connectivity index (χ1v) is 19.0. The first kappa shape index (κ1) is 39.8. The van der Waals surface area contributed by atoms with Gasteiger partial charge < -0.3 is 25.4 Å². The molecule has 0 atom stereocenters. The molecule has 0 spiro atoms. The monoisotopic (exact) mass is 780 g/mol. The number of sulfonamides is 1. The zero-order valence-corrected chi connectivity index (χ0v) is 29.9. The Balaban J connectivity index is 1.74. The normalized spacial score (nSPS) is 12.7. The molecule has 0 fully saturated rings. The fourth-order valence-electron chi connectivity index (χ4n) is 4.83. The summed E-state index contributed by atoms with van der Waals surface area (Å²) in [6, 6.07) is 10.6. The number of aliphatic hydroxyl groups excluding tert-OH is 2. The number of fused-ring (bicyclic) bond motifs is 1. The summed E-state index contributed by atoms with van der Waals surface area (Å²) in [7, 11) is -12.7. The molecule has 22 heteroatoms. The number of nitrogens with zero attached hydrogens (tertiary/aromatic N) is 5. The van der Waals surface area contributed by atoms with Gasteiger partial charge in [0.05, 0.1) is 47.2 Å². The lowest BCUT2D eigenvalue weighted by atomic mass is 10.1. The number of hydrogen-bond acceptors (Lipinski definition) is 15. The van der Waals surface area contributed by atoms with Crippen LogP contribution in [0.15, 0.2) is 89.7 Å². The Morgan fingerprint density at radius 1 is 0.808 bits per heavy atom. The van der Waals surface area contributed by atoms with Crippen LogP contribution in [0.25, 0.3) is 10.8 Å². The summed E-state index contributed by atoms with van der Waals surface area (Å²) in [5, 5.41) is 47.4. The Kier molecular flexibility index (Phi) is 12.1. The van der Waals surface area contributed by atoms with Crippen LogP contribution in [0.3, 0.4) is 0 Å². The highest BCUT2D eigenvalue weighted by Crippen LogP contribution is 2.46. The zero-order valence-electron chi connectivity index (χ0n) is 27.5. The highest BCUT2D eigenvalue weighted by atomic mass is 32.2. The van der Waals surface area contributed by atoms with Crippen molar-refractivity contribution in [3.05, 3.63) is 60.2 Å². The number of aliphatic hydroxyl groups is 2. The minimum absolute atomic E-state index is 0.00610. The van der Waals surface area contributed by atoms with Gasteiger partial charge in [-0.25, -0.2) is 8.42 Å². The lowest BCUT2D eigenvalue weighted by molar-refractivity contribution is -0.114. The summed E-state index contributed by atoms with van der Waals surface area (Å²) in [5.74, 6) is -1.59. The van der Waals surface area contributed by atoms with Gasteiger partial charge in [0.25, 0.3) is 20.2 Å². The summed E-state index contributed by atoms with van der Waals surface area (Å²) < 4.78 is 100. The van der Waals surface area contributed by atoms with Crippen LogP contribution in [0.2, 0.25) is 0 Å². The first-order valence-electron chi connectivity index (χ1n) is 14.7. The molecular formula is C30H32N6O13S3. The summed E-state index contributed by atoms with van der Waals surface area (Å²) in [4.78, 5) is 10.0. The lowest BCUT2D eigenvalue weighted by Gasteiger charge is -2.20. The van der Waals surface area contributed by atoms with E-state index >= 15 is 0 Å². The van der Waals surface area contributed by atoms with Crippen molar-refractivity contribution >= 4 is 75.4 Å². The van der Waals surface area contributed by atoms with Crippen LogP contribution in [-0.2, 0) is 35.1 Å². The maximum absolute atomic E-state index is 12.9. The number of aromatic hydroxyl groups is 1. The maximum atomic E-state index is 12.9. The molecule has 4 aromatic rings. The molecule has 0 heterocycles. The molecule has 0 saturated heterocycles. The second-order valence-electron chi connectivity index (χ2n) is 10.8. The van der Waals surface area contributed by atoms with E-state index in [0.29, 0.717) is 5.56 Å². The van der Waals surface area contributed by atoms with Crippen molar-refractivity contribution in [3.63, 3.8) is 0 Å². The zero-order chi connectivity index (χ0) is 38.6. The van der Waals surface area contributed by atoms with Gasteiger partial charge in [0, 0.05) is 31.5 Å². The van der Waals surface area contributed by atoms with Crippen molar-refractivity contribution in [2.24, 2.45) is 20.5 Å². The summed E-state index contributed by atoms with van der Waals surface area (Å²) in [5.41, 5.74) is -0.141. The van der Waals surface area contributed by atoms with Crippen molar-refractivity contribution < 1.29 is 59.2 Å². The molecule has 0 aliphatic carbocycles. The Bertz CT molecular complexity index is 2410. The molecule has 0 aliphatic heterocycles. The van der Waals surface area contributed by atoms with Crippen LogP contribution in [-0.4, -0.2) is 93.3 Å². The topological polar surface area (TPSA) is 295 Å². The number of phenols is 1. The third kappa shape index (κ3) is 8.91. The fourth-order valence-corrected chi connectivity index (χ4v) is 7.45. The largest absolute Gasteiger partial charge is 0.505 e. The van der Waals surface area contributed by atoms with Crippen LogP contribution in [0, 0.1) is 6.92 Å². The van der Waals surface area contributed by atoms with E-state index in [9.17, 15) is 54.5 Å². The third-order valence-electron chi connectivity index (χ3n) is 7.21. The maximum Gasteiger partial charge on any atom is 0.296 e. The third-order valence-corrected chi connectivity index (χ3v) is 10.8. The Morgan fingerprint density at radius 3 is 1.96 bits per heavy atom. The highest BCUT2D eigenvalue weighted by molar-refractivity contribution is 7.89. The molecule has 19 nitrogen and oxygen atoms in total. The van der Waals surface area contributed by atoms with Gasteiger partial charge in [-0.1, -0.05) is 0 Å². The number of carbonyl (C=O) groups excluding carboxylic acids is 1. The Morgan fingerprint density at radius 2 is 1.42 bits per heavy atom. The molecule has 52 heavy (non-hydrogen) atoms. The number of rotatable bonds is 14. The second-order valence-corrected chi connectivity index (χ2v) is 15.6. The van der Waals surface area contributed by atoms with Crippen LogP contribution in [0.4, 0.5) is 28.4 Å². The van der Waals surface area contributed by atoms with Gasteiger partial charge in [-0.2, -0.15) is 31.4 Å². The molecule has 1 amide bonds. The first-order chi connectivity index (χ1) is 24.3. The van der Waals surface area contributed by atoms with Crippen LogP contribution in [0.1, 0.15) is 12.5 Å². The smallest absolute Gasteiger partial charge is 0.296 e. The quantitative estimate of drug-likeness (QED) is 0.0776. The van der Waals surface area contributed by atoms with E-state index < -0.39 is 70.6 Å². The average Bonchev–Trinajstić information content (AvgIpc) is 3.06. The molecule has 0 unspecified atom stereocenters. The van der Waals surface area contributed by atoms with Crippen molar-refractivity contribution in [1.29, 1.82) is 0 Å². The minimum atomic E-state index is -5.15. The van der Waals surface area contributed by atoms with E-state index in [4.69, 9.17) is 4.74 Å². The fraction of sp³-hybridized carbons (Fsp3) is 0.233. The number of benzene rings is 4.